The van der Waals surface area contributed by atoms with Gasteiger partial charge in [-0.05, 0) is 37.3 Å². The van der Waals surface area contributed by atoms with E-state index in [2.05, 4.69) is 0 Å². The van der Waals surface area contributed by atoms with E-state index in [0.29, 0.717) is 16.6 Å². The summed E-state index contributed by atoms with van der Waals surface area (Å²) in [5.74, 6) is -0.948. The monoisotopic (exact) mass is 283 g/mol. The molecule has 0 spiro atoms. The molecule has 2 aromatic rings. The number of aromatic carboxylic acids is 1. The molecule has 1 heterocycles. The van der Waals surface area contributed by atoms with Gasteiger partial charge in [-0.25, -0.2) is 4.79 Å². The van der Waals surface area contributed by atoms with E-state index >= 15 is 0 Å². The number of aromatic nitrogens is 1. The second kappa shape index (κ2) is 5.04. The maximum Gasteiger partial charge on any atom is 0.352 e. The van der Waals surface area contributed by atoms with Gasteiger partial charge < -0.3 is 9.67 Å². The van der Waals surface area contributed by atoms with Crippen LogP contribution in [0.3, 0.4) is 0 Å². The molecule has 0 amide bonds. The molecule has 0 aliphatic carbocycles. The summed E-state index contributed by atoms with van der Waals surface area (Å²) >= 11 is 11.9. The predicted octanol–water partition coefficient (Wildman–Crippen LogP) is 4.18. The lowest BCUT2D eigenvalue weighted by atomic mass is 10.1. The summed E-state index contributed by atoms with van der Waals surface area (Å²) in [7, 11) is 0. The lowest BCUT2D eigenvalue weighted by molar-refractivity contribution is 0.0685. The summed E-state index contributed by atoms with van der Waals surface area (Å²) in [5.41, 5.74) is 1.85. The number of hydrogen-bond acceptors (Lipinski definition) is 1. The van der Waals surface area contributed by atoms with Gasteiger partial charge in [0.15, 0.2) is 0 Å². The third-order valence-electron chi connectivity index (χ3n) is 2.67. The van der Waals surface area contributed by atoms with Crippen LogP contribution in [0.1, 0.15) is 17.4 Å². The Labute approximate surface area is 115 Å². The Morgan fingerprint density at radius 2 is 1.83 bits per heavy atom. The average molecular weight is 284 g/mol. The van der Waals surface area contributed by atoms with E-state index in [1.807, 2.05) is 6.92 Å². The molecule has 1 aromatic carbocycles. The van der Waals surface area contributed by atoms with Gasteiger partial charge in [-0.1, -0.05) is 23.2 Å². The Kier molecular flexibility index (Phi) is 3.64. The van der Waals surface area contributed by atoms with Crippen LogP contribution < -0.4 is 0 Å². The fraction of sp³-hybridized carbons (Fsp3) is 0.154. The van der Waals surface area contributed by atoms with Gasteiger partial charge in [-0.15, -0.1) is 0 Å². The first-order valence-corrected chi connectivity index (χ1v) is 6.17. The van der Waals surface area contributed by atoms with E-state index < -0.39 is 5.97 Å². The Bertz CT molecular complexity index is 585. The number of hydrogen-bond donors (Lipinski definition) is 1. The van der Waals surface area contributed by atoms with Crippen LogP contribution in [0.5, 0.6) is 0 Å². The number of nitrogens with zero attached hydrogens (tertiary/aromatic N) is 1. The molecule has 0 radical (unpaired) electrons. The molecule has 18 heavy (non-hydrogen) atoms. The van der Waals surface area contributed by atoms with Gasteiger partial charge >= 0.3 is 5.97 Å². The van der Waals surface area contributed by atoms with E-state index in [1.165, 1.54) is 0 Å². The molecular weight excluding hydrogens is 273 g/mol. The number of rotatable bonds is 3. The van der Waals surface area contributed by atoms with Crippen LogP contribution in [-0.4, -0.2) is 15.6 Å². The van der Waals surface area contributed by atoms with Crippen LogP contribution in [0.4, 0.5) is 0 Å². The molecule has 3 nitrogen and oxygen atoms in total. The second-order valence-electron chi connectivity index (χ2n) is 3.81. The van der Waals surface area contributed by atoms with Gasteiger partial charge in [0.1, 0.15) is 5.69 Å². The van der Waals surface area contributed by atoms with Crippen LogP contribution >= 0.6 is 23.2 Å². The van der Waals surface area contributed by atoms with Crippen molar-refractivity contribution >= 4 is 29.2 Å². The number of halogens is 2. The first-order chi connectivity index (χ1) is 8.52. The van der Waals surface area contributed by atoms with Gasteiger partial charge in [0.25, 0.3) is 0 Å². The highest BCUT2D eigenvalue weighted by Gasteiger charge is 2.14. The Morgan fingerprint density at radius 3 is 2.33 bits per heavy atom. The van der Waals surface area contributed by atoms with Crippen molar-refractivity contribution < 1.29 is 9.90 Å². The topological polar surface area (TPSA) is 42.2 Å². The fourth-order valence-corrected chi connectivity index (χ4v) is 2.47. The first-order valence-electron chi connectivity index (χ1n) is 5.42. The number of benzene rings is 1. The third kappa shape index (κ3) is 2.37. The maximum atomic E-state index is 11.1. The quantitative estimate of drug-likeness (QED) is 0.918. The number of carboxylic acids is 1. The zero-order valence-corrected chi connectivity index (χ0v) is 11.2. The highest BCUT2D eigenvalue weighted by atomic mass is 35.5. The molecule has 1 N–H and O–H groups in total. The molecule has 0 fully saturated rings. The number of carboxylic acid groups (broad SMARTS) is 1. The zero-order valence-electron chi connectivity index (χ0n) is 9.65. The van der Waals surface area contributed by atoms with Crippen molar-refractivity contribution in [2.45, 2.75) is 13.5 Å². The summed E-state index contributed by atoms with van der Waals surface area (Å²) in [6, 6.07) is 8.51. The van der Waals surface area contributed by atoms with Gasteiger partial charge in [0.2, 0.25) is 0 Å². The predicted molar refractivity (Wildman–Crippen MR) is 72.5 cm³/mol. The van der Waals surface area contributed by atoms with Crippen molar-refractivity contribution in [2.24, 2.45) is 0 Å². The molecule has 0 aliphatic heterocycles. The van der Waals surface area contributed by atoms with Crippen LogP contribution in [0.25, 0.3) is 11.3 Å². The van der Waals surface area contributed by atoms with Crippen LogP contribution in [0, 0.1) is 0 Å². The summed E-state index contributed by atoms with van der Waals surface area (Å²) in [4.78, 5) is 11.1. The zero-order chi connectivity index (χ0) is 13.3. The van der Waals surface area contributed by atoms with E-state index in [0.717, 1.165) is 11.3 Å². The molecule has 94 valence electrons. The van der Waals surface area contributed by atoms with Gasteiger partial charge in [-0.3, -0.25) is 0 Å². The molecule has 2 rings (SSSR count). The average Bonchev–Trinajstić information content (AvgIpc) is 2.70. The molecule has 0 saturated heterocycles. The van der Waals surface area contributed by atoms with Crippen LogP contribution in [0.2, 0.25) is 10.0 Å². The van der Waals surface area contributed by atoms with Crippen molar-refractivity contribution in [1.29, 1.82) is 0 Å². The summed E-state index contributed by atoms with van der Waals surface area (Å²) in [6.07, 6.45) is 0. The second-order valence-corrected chi connectivity index (χ2v) is 4.68. The molecule has 0 atom stereocenters. The lowest BCUT2D eigenvalue weighted by Gasteiger charge is -2.09. The van der Waals surface area contributed by atoms with Crippen molar-refractivity contribution in [1.82, 2.24) is 4.57 Å². The third-order valence-corrected chi connectivity index (χ3v) is 3.11. The molecule has 5 heteroatoms. The molecule has 0 aliphatic rings. The SMILES string of the molecule is CCn1c(C(=O)O)ccc1-c1cc(Cl)cc(Cl)c1. The molecule has 0 bridgehead atoms. The van der Waals surface area contributed by atoms with Crippen molar-refractivity contribution in [3.8, 4) is 11.3 Å². The molecular formula is C13H11Cl2NO2. The van der Waals surface area contributed by atoms with Crippen LogP contribution in [0.15, 0.2) is 30.3 Å². The van der Waals surface area contributed by atoms with Crippen molar-refractivity contribution in [3.05, 3.63) is 46.1 Å². The Hall–Kier alpha value is -1.45. The van der Waals surface area contributed by atoms with E-state index in [1.54, 1.807) is 34.9 Å². The highest BCUT2D eigenvalue weighted by molar-refractivity contribution is 6.35. The summed E-state index contributed by atoms with van der Waals surface area (Å²) in [6.45, 7) is 2.45. The molecule has 0 unspecified atom stereocenters. The van der Waals surface area contributed by atoms with E-state index in [4.69, 9.17) is 28.3 Å². The van der Waals surface area contributed by atoms with Crippen molar-refractivity contribution in [3.63, 3.8) is 0 Å². The number of carbonyl (C=O) groups is 1. The molecule has 1 aromatic heterocycles. The largest absolute Gasteiger partial charge is 0.477 e. The summed E-state index contributed by atoms with van der Waals surface area (Å²) in [5, 5.41) is 10.1. The Balaban J connectivity index is 2.60. The molecule has 0 saturated carbocycles. The van der Waals surface area contributed by atoms with Gasteiger partial charge in [0.05, 0.1) is 0 Å². The standard InChI is InChI=1S/C13H11Cl2NO2/c1-2-16-11(3-4-12(16)13(17)18)8-5-9(14)7-10(15)6-8/h3-7H,2H2,1H3,(H,17,18). The van der Waals surface area contributed by atoms with Crippen LogP contribution in [-0.2, 0) is 6.54 Å². The minimum Gasteiger partial charge on any atom is -0.477 e. The van der Waals surface area contributed by atoms with E-state index in [9.17, 15) is 4.79 Å². The minimum atomic E-state index is -0.948. The normalized spacial score (nSPS) is 10.6. The van der Waals surface area contributed by atoms with Gasteiger partial charge in [-0.2, -0.15) is 0 Å². The summed E-state index contributed by atoms with van der Waals surface area (Å²) < 4.78 is 1.71. The minimum absolute atomic E-state index is 0.253. The van der Waals surface area contributed by atoms with Crippen molar-refractivity contribution in [2.75, 3.05) is 0 Å². The smallest absolute Gasteiger partial charge is 0.352 e. The maximum absolute atomic E-state index is 11.1. The van der Waals surface area contributed by atoms with E-state index in [-0.39, 0.29) is 5.69 Å². The fourth-order valence-electron chi connectivity index (χ4n) is 1.95. The highest BCUT2D eigenvalue weighted by Crippen LogP contribution is 2.28. The lowest BCUT2D eigenvalue weighted by Crippen LogP contribution is -2.08. The first kappa shape index (κ1) is 13.0. The van der Waals surface area contributed by atoms with Gasteiger partial charge in [0, 0.05) is 27.8 Å². The Morgan fingerprint density at radius 1 is 1.22 bits per heavy atom.